The molecule has 2 N–H and O–H groups in total. The summed E-state index contributed by atoms with van der Waals surface area (Å²) in [5.41, 5.74) is -3.99. The summed E-state index contributed by atoms with van der Waals surface area (Å²) in [7, 11) is 0. The van der Waals surface area contributed by atoms with Gasteiger partial charge in [0.1, 0.15) is 21.9 Å². The van der Waals surface area contributed by atoms with Gasteiger partial charge in [0.15, 0.2) is 6.61 Å². The molecule has 1 aliphatic rings. The van der Waals surface area contributed by atoms with Crippen LogP contribution in [0.3, 0.4) is 0 Å². The molecular weight excluding hydrogens is 472 g/mol. The van der Waals surface area contributed by atoms with E-state index in [1.54, 1.807) is 0 Å². The predicted molar refractivity (Wildman–Crippen MR) is 114 cm³/mol. The van der Waals surface area contributed by atoms with Crippen molar-refractivity contribution in [2.75, 3.05) is 18.5 Å². The van der Waals surface area contributed by atoms with Gasteiger partial charge in [0.2, 0.25) is 5.88 Å². The molecule has 1 aromatic carbocycles. The molecule has 0 spiro atoms. The zero-order valence-electron chi connectivity index (χ0n) is 17.8. The van der Waals surface area contributed by atoms with Gasteiger partial charge < -0.3 is 20.1 Å². The number of anilines is 2. The van der Waals surface area contributed by atoms with Crippen molar-refractivity contribution in [3.8, 4) is 5.88 Å². The Morgan fingerprint density at radius 1 is 1.15 bits per heavy atom. The van der Waals surface area contributed by atoms with E-state index in [1.165, 1.54) is 44.3 Å². The summed E-state index contributed by atoms with van der Waals surface area (Å²) in [6.07, 6.45) is -3.31. The molecule has 2 heterocycles. The topological polar surface area (TPSA) is 55.4 Å². The highest BCUT2D eigenvalue weighted by Gasteiger charge is 2.64. The number of nitrogens with zero attached hydrogens (tertiary/aromatic N) is 1. The molecule has 0 unspecified atom stereocenters. The maximum Gasteiger partial charge on any atom is 0.422 e. The first-order valence-corrected chi connectivity index (χ1v) is 10.1. The molecule has 1 aromatic heterocycles. The van der Waals surface area contributed by atoms with Crippen LogP contribution in [0.1, 0.15) is 26.3 Å². The molecule has 1 aliphatic heterocycles. The highest BCUT2D eigenvalue weighted by Crippen LogP contribution is 2.48. The molecule has 2 aromatic rings. The molecule has 1 fully saturated rings. The van der Waals surface area contributed by atoms with Crippen LogP contribution >= 0.6 is 12.2 Å². The number of nitrogens with one attached hydrogen (secondary N) is 2. The maximum absolute atomic E-state index is 15.6. The number of rotatable bonds is 5. The van der Waals surface area contributed by atoms with Gasteiger partial charge in [-0.2, -0.15) is 13.2 Å². The van der Waals surface area contributed by atoms with Gasteiger partial charge in [-0.05, 0) is 45.0 Å². The first-order valence-electron chi connectivity index (χ1n) is 9.70. The summed E-state index contributed by atoms with van der Waals surface area (Å²) >= 11 is 5.09. The number of ether oxygens (including phenoxy) is 2. The number of alkyl halides is 5. The number of thiocarbonyl (C=S) groups is 1. The normalized spacial score (nSPS) is 22.3. The summed E-state index contributed by atoms with van der Waals surface area (Å²) in [5, 5.41) is 5.41. The van der Waals surface area contributed by atoms with Crippen molar-refractivity contribution >= 4 is 28.6 Å². The SMILES string of the molecule is CC1(C)OCC(=S)N[C@](C)(c2cc(Nc3ccc(OCC(F)(F)F)nc3)ccc2F)C1(F)F. The standard InChI is InChI=1S/C21H21F6N3O2S/c1-18(2)21(26,27)19(3,30-17(33)10-32-18)14-8-12(4-6-15(14)22)29-13-5-7-16(28-9-13)31-11-20(23,24)25/h4-9,29H,10-11H2,1-3H3,(H,30,33)/t19-/m1/s1. The van der Waals surface area contributed by atoms with Gasteiger partial charge in [-0.15, -0.1) is 0 Å². The molecule has 1 saturated heterocycles. The number of benzene rings is 1. The molecule has 0 amide bonds. The summed E-state index contributed by atoms with van der Waals surface area (Å²) in [5.74, 6) is -4.72. The van der Waals surface area contributed by atoms with Crippen LogP contribution in [0, 0.1) is 5.82 Å². The van der Waals surface area contributed by atoms with Gasteiger partial charge in [0, 0.05) is 17.3 Å². The molecule has 1 atom stereocenters. The number of halogens is 6. The van der Waals surface area contributed by atoms with Crippen molar-refractivity contribution < 1.29 is 35.8 Å². The zero-order chi connectivity index (χ0) is 24.7. The zero-order valence-corrected chi connectivity index (χ0v) is 18.6. The smallest absolute Gasteiger partial charge is 0.422 e. The van der Waals surface area contributed by atoms with E-state index in [1.807, 2.05) is 0 Å². The third-order valence-electron chi connectivity index (χ3n) is 5.25. The van der Waals surface area contributed by atoms with E-state index in [9.17, 15) is 17.6 Å². The van der Waals surface area contributed by atoms with E-state index in [0.717, 1.165) is 13.0 Å². The number of hydrogen-bond acceptors (Lipinski definition) is 5. The van der Waals surface area contributed by atoms with Gasteiger partial charge in [0.25, 0.3) is 0 Å². The fourth-order valence-corrected chi connectivity index (χ4v) is 3.68. The molecule has 0 aliphatic carbocycles. The largest absolute Gasteiger partial charge is 0.468 e. The average molecular weight is 493 g/mol. The summed E-state index contributed by atoms with van der Waals surface area (Å²) < 4.78 is 92.5. The van der Waals surface area contributed by atoms with E-state index in [0.29, 0.717) is 5.69 Å². The Kier molecular flexibility index (Phi) is 6.55. The lowest BCUT2D eigenvalue weighted by Gasteiger charge is -2.44. The number of hydrogen-bond donors (Lipinski definition) is 2. The van der Waals surface area contributed by atoms with Crippen molar-refractivity contribution in [3.05, 3.63) is 47.9 Å². The average Bonchev–Trinajstić information content (AvgIpc) is 2.77. The Labute approximate surface area is 191 Å². The second kappa shape index (κ2) is 8.64. The Bertz CT molecular complexity index is 1030. The van der Waals surface area contributed by atoms with Crippen LogP contribution in [0.2, 0.25) is 0 Å². The lowest BCUT2D eigenvalue weighted by molar-refractivity contribution is -0.216. The first kappa shape index (κ1) is 25.0. The number of aromatic nitrogens is 1. The molecule has 3 rings (SSSR count). The highest BCUT2D eigenvalue weighted by molar-refractivity contribution is 7.80. The Balaban J connectivity index is 1.90. The lowest BCUT2D eigenvalue weighted by atomic mass is 9.77. The summed E-state index contributed by atoms with van der Waals surface area (Å²) in [4.78, 5) is 3.76. The van der Waals surface area contributed by atoms with E-state index in [2.05, 4.69) is 20.4 Å². The van der Waals surface area contributed by atoms with E-state index >= 15 is 8.78 Å². The third-order valence-corrected chi connectivity index (χ3v) is 5.47. The summed E-state index contributed by atoms with van der Waals surface area (Å²) in [6, 6.07) is 6.14. The minimum atomic E-state index is -4.50. The van der Waals surface area contributed by atoms with Crippen molar-refractivity contribution in [2.45, 2.75) is 44.0 Å². The molecule has 12 heteroatoms. The van der Waals surface area contributed by atoms with Crippen molar-refractivity contribution in [3.63, 3.8) is 0 Å². The van der Waals surface area contributed by atoms with Gasteiger partial charge in [-0.25, -0.2) is 18.2 Å². The lowest BCUT2D eigenvalue weighted by Crippen LogP contribution is -2.62. The van der Waals surface area contributed by atoms with Crippen LogP contribution in [-0.2, 0) is 10.3 Å². The summed E-state index contributed by atoms with van der Waals surface area (Å²) in [6.45, 7) is 1.81. The maximum atomic E-state index is 15.6. The molecule has 5 nitrogen and oxygen atoms in total. The Morgan fingerprint density at radius 3 is 2.42 bits per heavy atom. The highest BCUT2D eigenvalue weighted by atomic mass is 32.1. The molecule has 180 valence electrons. The Hall–Kier alpha value is -2.60. The number of pyridine rings is 1. The molecule has 0 saturated carbocycles. The predicted octanol–water partition coefficient (Wildman–Crippen LogP) is 5.48. The van der Waals surface area contributed by atoms with E-state index in [-0.39, 0.29) is 28.7 Å². The second-order valence-corrected chi connectivity index (χ2v) is 8.65. The van der Waals surface area contributed by atoms with Crippen molar-refractivity contribution in [1.29, 1.82) is 0 Å². The van der Waals surface area contributed by atoms with Crippen LogP contribution in [0.5, 0.6) is 5.88 Å². The van der Waals surface area contributed by atoms with E-state index < -0.39 is 35.7 Å². The van der Waals surface area contributed by atoms with Gasteiger partial charge in [-0.1, -0.05) is 12.2 Å². The monoisotopic (exact) mass is 493 g/mol. The molecule has 33 heavy (non-hydrogen) atoms. The minimum absolute atomic E-state index is 0.000780. The third kappa shape index (κ3) is 5.16. The van der Waals surface area contributed by atoms with Crippen LogP contribution in [-0.4, -0.2) is 40.9 Å². The van der Waals surface area contributed by atoms with Gasteiger partial charge >= 0.3 is 12.1 Å². The van der Waals surface area contributed by atoms with Crippen LogP contribution in [0.15, 0.2) is 36.5 Å². The van der Waals surface area contributed by atoms with Crippen molar-refractivity contribution in [1.82, 2.24) is 10.3 Å². The molecular formula is C21H21F6N3O2S. The quantitative estimate of drug-likeness (QED) is 0.425. The van der Waals surface area contributed by atoms with Crippen LogP contribution in [0.25, 0.3) is 0 Å². The van der Waals surface area contributed by atoms with Crippen LogP contribution in [0.4, 0.5) is 37.7 Å². The second-order valence-electron chi connectivity index (χ2n) is 8.16. The van der Waals surface area contributed by atoms with Gasteiger partial charge in [-0.3, -0.25) is 0 Å². The fourth-order valence-electron chi connectivity index (χ4n) is 3.42. The molecule has 0 bridgehead atoms. The fraction of sp³-hybridized carbons (Fsp3) is 0.429. The van der Waals surface area contributed by atoms with Crippen molar-refractivity contribution in [2.24, 2.45) is 0 Å². The molecule has 0 radical (unpaired) electrons. The Morgan fingerprint density at radius 2 is 1.82 bits per heavy atom. The van der Waals surface area contributed by atoms with E-state index in [4.69, 9.17) is 17.0 Å². The van der Waals surface area contributed by atoms with Gasteiger partial charge in [0.05, 0.1) is 18.5 Å². The minimum Gasteiger partial charge on any atom is -0.468 e. The van der Waals surface area contributed by atoms with Crippen LogP contribution < -0.4 is 15.4 Å². The first-order chi connectivity index (χ1) is 15.1.